The predicted octanol–water partition coefficient (Wildman–Crippen LogP) is 2.09. The van der Waals surface area contributed by atoms with Crippen molar-refractivity contribution in [2.24, 2.45) is 5.41 Å². The molecule has 40 heavy (non-hydrogen) atoms. The second kappa shape index (κ2) is 12.1. The van der Waals surface area contributed by atoms with Crippen molar-refractivity contribution in [3.05, 3.63) is 87.5 Å². The molecule has 1 amide bonds. The van der Waals surface area contributed by atoms with Crippen LogP contribution < -0.4 is 39.4 Å². The molecule has 0 saturated heterocycles. The number of carboxylic acid groups (broad SMARTS) is 1. The summed E-state index contributed by atoms with van der Waals surface area (Å²) >= 11 is 0. The van der Waals surface area contributed by atoms with E-state index in [4.69, 9.17) is 4.74 Å². The molecule has 2 aliphatic rings. The van der Waals surface area contributed by atoms with Gasteiger partial charge in [0.15, 0.2) is 6.61 Å². The number of amides is 1. The maximum Gasteiger partial charge on any atom is 1.00 e. The van der Waals surface area contributed by atoms with Crippen LogP contribution in [-0.4, -0.2) is 37.5 Å². The van der Waals surface area contributed by atoms with E-state index >= 15 is 0 Å². The van der Waals surface area contributed by atoms with E-state index in [0.717, 1.165) is 43.2 Å². The third-order valence-corrected chi connectivity index (χ3v) is 8.89. The number of benzene rings is 3. The van der Waals surface area contributed by atoms with Gasteiger partial charge < -0.3 is 19.5 Å². The molecule has 1 spiro atoms. The number of aliphatic carboxylic acids is 1. The van der Waals surface area contributed by atoms with Gasteiger partial charge in [-0.15, -0.1) is 0 Å². The molecule has 0 aromatic heterocycles. The van der Waals surface area contributed by atoms with Crippen molar-refractivity contribution in [1.29, 1.82) is 0 Å². The Kier molecular flexibility index (Phi) is 9.18. The van der Waals surface area contributed by atoms with E-state index in [-0.39, 0.29) is 59.8 Å². The molecule has 204 valence electrons. The SMILES string of the molecule is Cc1cc(OCC(=O)N(C)C)cc(C)c1-c1cccc(CCc2ccc3c(c2)CC2(CC2)C3CC(=O)[O-])c1C.[Na+]. The molecule has 0 heterocycles. The minimum Gasteiger partial charge on any atom is -0.550 e. The first-order valence-corrected chi connectivity index (χ1v) is 13.9. The third-order valence-electron chi connectivity index (χ3n) is 8.89. The standard InChI is InChI=1S/C34H39NO4.Na/c1-21-15-27(39-20-31(36)35(4)5)16-22(2)33(21)28-8-6-7-25(23(28)3)11-9-24-10-12-29-26(17-24)19-34(13-14-34)30(29)18-32(37)38;/h6-8,10,12,15-17,30H,9,11,13-14,18-20H2,1-5H3,(H,37,38);/q;+1/p-1. The van der Waals surface area contributed by atoms with Crippen molar-refractivity contribution >= 4 is 11.9 Å². The quantitative estimate of drug-likeness (QED) is 0.385. The van der Waals surface area contributed by atoms with Crippen LogP contribution in [0.4, 0.5) is 0 Å². The number of likely N-dealkylation sites (N-methyl/N-ethyl adjacent to an activating group) is 1. The van der Waals surface area contributed by atoms with Gasteiger partial charge >= 0.3 is 29.6 Å². The molecule has 0 radical (unpaired) electrons. The molecule has 0 N–H and O–H groups in total. The average molecular weight is 548 g/mol. The van der Waals surface area contributed by atoms with Crippen LogP contribution in [-0.2, 0) is 28.9 Å². The van der Waals surface area contributed by atoms with E-state index in [0.29, 0.717) is 5.75 Å². The zero-order valence-corrected chi connectivity index (χ0v) is 26.7. The van der Waals surface area contributed by atoms with Crippen molar-refractivity contribution in [1.82, 2.24) is 4.90 Å². The Bertz CT molecular complexity index is 1420. The van der Waals surface area contributed by atoms with E-state index in [2.05, 4.69) is 57.2 Å². The van der Waals surface area contributed by atoms with Gasteiger partial charge in [-0.2, -0.15) is 0 Å². The zero-order chi connectivity index (χ0) is 27.9. The number of rotatable bonds is 9. The van der Waals surface area contributed by atoms with Crippen molar-refractivity contribution < 1.29 is 49.0 Å². The Morgan fingerprint density at radius 3 is 2.33 bits per heavy atom. The molecule has 3 aromatic carbocycles. The summed E-state index contributed by atoms with van der Waals surface area (Å²) in [5, 5.41) is 11.4. The first-order chi connectivity index (χ1) is 18.6. The zero-order valence-electron chi connectivity index (χ0n) is 24.7. The topological polar surface area (TPSA) is 69.7 Å². The Morgan fingerprint density at radius 2 is 1.70 bits per heavy atom. The summed E-state index contributed by atoms with van der Waals surface area (Å²) in [6, 6.07) is 17.3. The van der Waals surface area contributed by atoms with E-state index in [1.54, 1.807) is 14.1 Å². The van der Waals surface area contributed by atoms with Gasteiger partial charge in [-0.1, -0.05) is 36.4 Å². The van der Waals surface area contributed by atoms with Crippen LogP contribution in [0, 0.1) is 26.2 Å². The summed E-state index contributed by atoms with van der Waals surface area (Å²) < 4.78 is 5.77. The molecule has 1 atom stereocenters. The molecule has 5 nitrogen and oxygen atoms in total. The maximum absolute atomic E-state index is 11.9. The van der Waals surface area contributed by atoms with Crippen LogP contribution in [0.1, 0.15) is 64.1 Å². The molecule has 0 bridgehead atoms. The van der Waals surface area contributed by atoms with E-state index < -0.39 is 5.97 Å². The minimum absolute atomic E-state index is 0. The summed E-state index contributed by atoms with van der Waals surface area (Å²) in [7, 11) is 3.45. The first kappa shape index (κ1) is 30.4. The van der Waals surface area contributed by atoms with Gasteiger partial charge in [0.05, 0.1) is 0 Å². The fraction of sp³-hybridized carbons (Fsp3) is 0.412. The van der Waals surface area contributed by atoms with Gasteiger partial charge in [-0.25, -0.2) is 0 Å². The largest absolute Gasteiger partial charge is 1.00 e. The number of carboxylic acids is 1. The van der Waals surface area contributed by atoms with E-state index in [1.807, 2.05) is 12.1 Å². The van der Waals surface area contributed by atoms with E-state index in [1.165, 1.54) is 43.8 Å². The second-order valence-electron chi connectivity index (χ2n) is 11.8. The summed E-state index contributed by atoms with van der Waals surface area (Å²) in [4.78, 5) is 24.8. The van der Waals surface area contributed by atoms with Crippen LogP contribution in [0.5, 0.6) is 5.75 Å². The van der Waals surface area contributed by atoms with Gasteiger partial charge in [0.1, 0.15) is 5.75 Å². The van der Waals surface area contributed by atoms with Crippen LogP contribution in [0.25, 0.3) is 11.1 Å². The minimum atomic E-state index is -0.939. The van der Waals surface area contributed by atoms with Crippen LogP contribution in [0.3, 0.4) is 0 Å². The molecule has 1 saturated carbocycles. The fourth-order valence-corrected chi connectivity index (χ4v) is 6.53. The summed E-state index contributed by atoms with van der Waals surface area (Å²) in [6.07, 6.45) is 5.28. The van der Waals surface area contributed by atoms with Crippen molar-refractivity contribution in [2.75, 3.05) is 20.7 Å². The second-order valence-corrected chi connectivity index (χ2v) is 11.8. The Labute approximate surface area is 260 Å². The molecule has 2 aliphatic carbocycles. The van der Waals surface area contributed by atoms with Crippen molar-refractivity contribution in [3.8, 4) is 16.9 Å². The molecule has 1 unspecified atom stereocenters. The number of carbonyl (C=O) groups is 2. The van der Waals surface area contributed by atoms with Crippen LogP contribution in [0.15, 0.2) is 48.5 Å². The van der Waals surface area contributed by atoms with Gasteiger partial charge in [0.25, 0.3) is 5.91 Å². The number of nitrogens with zero attached hydrogens (tertiary/aromatic N) is 1. The van der Waals surface area contributed by atoms with Crippen molar-refractivity contribution in [2.45, 2.75) is 65.2 Å². The van der Waals surface area contributed by atoms with Gasteiger partial charge in [-0.3, -0.25) is 4.79 Å². The molecule has 3 aromatic rings. The number of fused-ring (bicyclic) bond motifs is 1. The normalized spacial score (nSPS) is 16.3. The fourth-order valence-electron chi connectivity index (χ4n) is 6.53. The molecule has 6 heteroatoms. The Morgan fingerprint density at radius 1 is 1.00 bits per heavy atom. The smallest absolute Gasteiger partial charge is 0.550 e. The maximum atomic E-state index is 11.9. The van der Waals surface area contributed by atoms with E-state index in [9.17, 15) is 14.7 Å². The summed E-state index contributed by atoms with van der Waals surface area (Å²) in [6.45, 7) is 6.43. The van der Waals surface area contributed by atoms with Crippen LogP contribution in [0.2, 0.25) is 0 Å². The molecule has 1 fully saturated rings. The first-order valence-electron chi connectivity index (χ1n) is 13.9. The van der Waals surface area contributed by atoms with Crippen LogP contribution >= 0.6 is 0 Å². The van der Waals surface area contributed by atoms with Gasteiger partial charge in [0, 0.05) is 20.1 Å². The molecule has 0 aliphatic heterocycles. The number of carbonyl (C=O) groups excluding carboxylic acids is 2. The number of hydrogen-bond donors (Lipinski definition) is 0. The summed E-state index contributed by atoms with van der Waals surface area (Å²) in [5.74, 6) is -0.178. The third kappa shape index (κ3) is 6.17. The monoisotopic (exact) mass is 547 g/mol. The number of aryl methyl sites for hydroxylation is 4. The Hall–Kier alpha value is -2.60. The molecular weight excluding hydrogens is 509 g/mol. The van der Waals surface area contributed by atoms with Crippen molar-refractivity contribution in [3.63, 3.8) is 0 Å². The Balaban J connectivity index is 0.00000370. The molecule has 5 rings (SSSR count). The predicted molar refractivity (Wildman–Crippen MR) is 152 cm³/mol. The number of hydrogen-bond acceptors (Lipinski definition) is 4. The average Bonchev–Trinajstić information content (AvgIpc) is 3.59. The van der Waals surface area contributed by atoms with Gasteiger partial charge in [0.2, 0.25) is 0 Å². The molecular formula is C34H38NNaO4. The number of ether oxygens (including phenoxy) is 1. The summed E-state index contributed by atoms with van der Waals surface area (Å²) in [5.41, 5.74) is 11.4. The van der Waals surface area contributed by atoms with Gasteiger partial charge in [-0.05, 0) is 133 Å².